The van der Waals surface area contributed by atoms with Gasteiger partial charge in [-0.25, -0.2) is 0 Å². The number of methoxy groups -OCH3 is 1. The van der Waals surface area contributed by atoms with E-state index < -0.39 is 0 Å². The van der Waals surface area contributed by atoms with Gasteiger partial charge in [-0.1, -0.05) is 48.9 Å². The Morgan fingerprint density at radius 2 is 1.91 bits per heavy atom. The Bertz CT molecular complexity index is 869. The van der Waals surface area contributed by atoms with Crippen molar-refractivity contribution >= 4 is 28.5 Å². The quantitative estimate of drug-likeness (QED) is 0.366. The van der Waals surface area contributed by atoms with Crippen molar-refractivity contribution in [3.8, 4) is 0 Å². The number of hydrogen-bond donors (Lipinski definition) is 1. The van der Waals surface area contributed by atoms with Gasteiger partial charge in [-0.3, -0.25) is 9.69 Å². The van der Waals surface area contributed by atoms with Crippen LogP contribution in [0.1, 0.15) is 58.4 Å². The first-order valence-electron chi connectivity index (χ1n) is 12.1. The van der Waals surface area contributed by atoms with Gasteiger partial charge in [-0.2, -0.15) is 0 Å². The van der Waals surface area contributed by atoms with Gasteiger partial charge in [0.05, 0.1) is 0 Å². The van der Waals surface area contributed by atoms with E-state index in [1.54, 1.807) is 7.11 Å². The lowest BCUT2D eigenvalue weighted by Crippen LogP contribution is -2.54. The number of rotatable bonds is 7. The molecule has 1 N–H and O–H groups in total. The van der Waals surface area contributed by atoms with Gasteiger partial charge in [0.2, 0.25) is 5.91 Å². The predicted molar refractivity (Wildman–Crippen MR) is 139 cm³/mol. The van der Waals surface area contributed by atoms with Gasteiger partial charge in [0.15, 0.2) is 0 Å². The number of nitrogens with zero attached hydrogens (tertiary/aromatic N) is 1. The van der Waals surface area contributed by atoms with E-state index in [0.717, 1.165) is 19.3 Å². The average Bonchev–Trinajstić information content (AvgIpc) is 3.07. The van der Waals surface area contributed by atoms with Crippen molar-refractivity contribution in [2.75, 3.05) is 7.11 Å². The molecule has 5 atom stereocenters. The summed E-state index contributed by atoms with van der Waals surface area (Å²) in [5.74, 6) is 0.551. The van der Waals surface area contributed by atoms with Crippen molar-refractivity contribution in [3.05, 3.63) is 59.2 Å². The fraction of sp³-hybridized carbons (Fsp3) is 0.593. The third-order valence-corrected chi connectivity index (χ3v) is 9.77. The molecule has 32 heavy (non-hydrogen) atoms. The van der Waals surface area contributed by atoms with E-state index in [1.807, 2.05) is 18.2 Å². The Balaban J connectivity index is 1.36. The Morgan fingerprint density at radius 1 is 1.25 bits per heavy atom. The fourth-order valence-electron chi connectivity index (χ4n) is 6.06. The number of carbonyl (C=O) groups excluding carboxylic acids is 1. The van der Waals surface area contributed by atoms with E-state index in [1.165, 1.54) is 29.6 Å². The molecule has 4 nitrogen and oxygen atoms in total. The first-order valence-corrected chi connectivity index (χ1v) is 13.1. The van der Waals surface area contributed by atoms with Crippen LogP contribution in [-0.4, -0.2) is 45.7 Å². The van der Waals surface area contributed by atoms with E-state index >= 15 is 0 Å². The number of amides is 1. The minimum atomic E-state index is -0.249. The Morgan fingerprint density at radius 3 is 2.53 bits per heavy atom. The van der Waals surface area contributed by atoms with Gasteiger partial charge in [-0.15, -0.1) is 0 Å². The van der Waals surface area contributed by atoms with Crippen LogP contribution in [0.5, 0.6) is 0 Å². The first kappa shape index (κ1) is 24.0. The largest absolute Gasteiger partial charge is 0.363 e. The van der Waals surface area contributed by atoms with E-state index in [2.05, 4.69) is 77.9 Å². The third kappa shape index (κ3) is 4.85. The SMILES string of the molecule is COC1(I)C=CC(C(C)N2C3CCC2CC(NC(=O)CCc2ccccc2)C3)=C(C)C1C. The summed E-state index contributed by atoms with van der Waals surface area (Å²) in [7, 11) is 1.80. The summed E-state index contributed by atoms with van der Waals surface area (Å²) in [4.78, 5) is 15.3. The van der Waals surface area contributed by atoms with Crippen molar-refractivity contribution in [2.24, 2.45) is 5.92 Å². The molecule has 1 aliphatic carbocycles. The Labute approximate surface area is 207 Å². The van der Waals surface area contributed by atoms with Crippen LogP contribution in [0.3, 0.4) is 0 Å². The van der Waals surface area contributed by atoms with Crippen LogP contribution in [0.25, 0.3) is 0 Å². The van der Waals surface area contributed by atoms with Crippen LogP contribution >= 0.6 is 22.6 Å². The molecule has 2 fully saturated rings. The molecule has 2 heterocycles. The number of aryl methyl sites for hydroxylation is 1. The zero-order chi connectivity index (χ0) is 22.9. The lowest BCUT2D eigenvalue weighted by Gasteiger charge is -2.45. The molecule has 3 aliphatic rings. The number of benzene rings is 1. The molecule has 174 valence electrons. The lowest BCUT2D eigenvalue weighted by atomic mass is 9.83. The van der Waals surface area contributed by atoms with Crippen molar-refractivity contribution < 1.29 is 9.53 Å². The van der Waals surface area contributed by atoms with Crippen LogP contribution in [0, 0.1) is 5.92 Å². The number of ether oxygens (including phenoxy) is 1. The van der Waals surface area contributed by atoms with Crippen molar-refractivity contribution in [2.45, 2.75) is 87.1 Å². The van der Waals surface area contributed by atoms with Crippen LogP contribution in [-0.2, 0) is 16.0 Å². The predicted octanol–water partition coefficient (Wildman–Crippen LogP) is 5.42. The molecule has 0 spiro atoms. The van der Waals surface area contributed by atoms with Crippen LogP contribution in [0.15, 0.2) is 53.6 Å². The zero-order valence-electron chi connectivity index (χ0n) is 19.8. The topological polar surface area (TPSA) is 41.6 Å². The second-order valence-electron chi connectivity index (χ2n) is 9.82. The van der Waals surface area contributed by atoms with E-state index in [-0.39, 0.29) is 9.51 Å². The minimum absolute atomic E-state index is 0.195. The summed E-state index contributed by atoms with van der Waals surface area (Å²) < 4.78 is 5.55. The lowest BCUT2D eigenvalue weighted by molar-refractivity contribution is -0.122. The van der Waals surface area contributed by atoms with Gasteiger partial charge in [0, 0.05) is 43.6 Å². The maximum Gasteiger partial charge on any atom is 0.220 e. The van der Waals surface area contributed by atoms with Gasteiger partial charge in [-0.05, 0) is 85.8 Å². The molecule has 1 aromatic carbocycles. The molecule has 2 saturated heterocycles. The highest BCUT2D eigenvalue weighted by Gasteiger charge is 2.45. The van der Waals surface area contributed by atoms with E-state index in [0.29, 0.717) is 36.5 Å². The highest BCUT2D eigenvalue weighted by atomic mass is 127. The average molecular weight is 549 g/mol. The van der Waals surface area contributed by atoms with Crippen LogP contribution < -0.4 is 5.32 Å². The summed E-state index contributed by atoms with van der Waals surface area (Å²) in [5.41, 5.74) is 4.12. The summed E-state index contributed by atoms with van der Waals surface area (Å²) in [6.07, 6.45) is 10.5. The van der Waals surface area contributed by atoms with Gasteiger partial charge >= 0.3 is 0 Å². The molecule has 0 aromatic heterocycles. The molecule has 0 saturated carbocycles. The maximum atomic E-state index is 12.6. The number of carbonyl (C=O) groups is 1. The van der Waals surface area contributed by atoms with Crippen LogP contribution in [0.4, 0.5) is 0 Å². The normalized spacial score (nSPS) is 33.4. The van der Waals surface area contributed by atoms with Crippen molar-refractivity contribution in [3.63, 3.8) is 0 Å². The molecule has 2 bridgehead atoms. The summed E-state index contributed by atoms with van der Waals surface area (Å²) >= 11 is 2.43. The Kier molecular flexibility index (Phi) is 7.47. The molecule has 5 heteroatoms. The number of alkyl halides is 1. The van der Waals surface area contributed by atoms with Crippen molar-refractivity contribution in [1.29, 1.82) is 0 Å². The third-order valence-electron chi connectivity index (χ3n) is 8.03. The zero-order valence-corrected chi connectivity index (χ0v) is 22.0. The number of halogens is 1. The first-order chi connectivity index (χ1) is 15.3. The fourth-order valence-corrected chi connectivity index (χ4v) is 6.71. The molecule has 5 unspecified atom stereocenters. The van der Waals surface area contributed by atoms with Crippen LogP contribution in [0.2, 0.25) is 0 Å². The highest BCUT2D eigenvalue weighted by molar-refractivity contribution is 14.1. The minimum Gasteiger partial charge on any atom is -0.363 e. The number of nitrogens with one attached hydrogen (secondary N) is 1. The molecule has 0 radical (unpaired) electrons. The van der Waals surface area contributed by atoms with Gasteiger partial charge < -0.3 is 10.1 Å². The van der Waals surface area contributed by atoms with Gasteiger partial charge in [0.1, 0.15) is 3.61 Å². The second kappa shape index (κ2) is 9.98. The standard InChI is InChI=1S/C27H37IN2O2/c1-18-19(2)27(28,32-4)15-14-25(18)20(3)30-23-11-12-24(30)17-22(16-23)29-26(31)13-10-21-8-6-5-7-9-21/h5-9,14-15,19-20,22-24H,10-13,16-17H2,1-4H3,(H,29,31). The van der Waals surface area contributed by atoms with E-state index in [9.17, 15) is 4.79 Å². The molecular weight excluding hydrogens is 511 g/mol. The summed E-state index contributed by atoms with van der Waals surface area (Å²) in [6, 6.07) is 12.1. The van der Waals surface area contributed by atoms with E-state index in [4.69, 9.17) is 4.74 Å². The monoisotopic (exact) mass is 548 g/mol. The molecular formula is C27H37IN2O2. The molecule has 1 aromatic rings. The molecule has 1 amide bonds. The molecule has 4 rings (SSSR count). The maximum absolute atomic E-state index is 12.6. The number of piperidine rings is 1. The summed E-state index contributed by atoms with van der Waals surface area (Å²) in [6.45, 7) is 6.91. The number of hydrogen-bond acceptors (Lipinski definition) is 3. The number of fused-ring (bicyclic) bond motifs is 2. The smallest absolute Gasteiger partial charge is 0.220 e. The second-order valence-corrected chi connectivity index (χ2v) is 11.5. The van der Waals surface area contributed by atoms with Crippen molar-refractivity contribution in [1.82, 2.24) is 10.2 Å². The summed E-state index contributed by atoms with van der Waals surface area (Å²) in [5, 5.41) is 3.35. The van der Waals surface area contributed by atoms with Gasteiger partial charge in [0.25, 0.3) is 0 Å². The molecule has 2 aliphatic heterocycles. The Hall–Kier alpha value is -1.18. The highest BCUT2D eigenvalue weighted by Crippen LogP contribution is 2.44.